The topological polar surface area (TPSA) is 41.5 Å². The maximum absolute atomic E-state index is 13.4. The van der Waals surface area contributed by atoms with Crippen LogP contribution in [0.25, 0.3) is 0 Å². The van der Waals surface area contributed by atoms with Gasteiger partial charge in [-0.25, -0.2) is 4.39 Å². The van der Waals surface area contributed by atoms with Crippen LogP contribution < -0.4 is 10.1 Å². The van der Waals surface area contributed by atoms with Crippen LogP contribution in [-0.4, -0.2) is 29.9 Å². The number of aliphatic hydroxyl groups is 1. The molecule has 1 aromatic rings. The number of ether oxygens (including phenoxy) is 1. The summed E-state index contributed by atoms with van der Waals surface area (Å²) in [5.74, 6) is 0.372. The van der Waals surface area contributed by atoms with Crippen LogP contribution in [0.15, 0.2) is 18.2 Å². The van der Waals surface area contributed by atoms with Gasteiger partial charge < -0.3 is 15.2 Å². The number of rotatable bonds is 3. The molecule has 2 bridgehead atoms. The second-order valence-electron chi connectivity index (χ2n) is 5.90. The summed E-state index contributed by atoms with van der Waals surface area (Å²) < 4.78 is 18.6. The van der Waals surface area contributed by atoms with E-state index in [1.54, 1.807) is 13.2 Å². The number of piperidine rings is 1. The molecule has 0 amide bonds. The maximum Gasteiger partial charge on any atom is 0.123 e. The number of benzene rings is 1. The Morgan fingerprint density at radius 1 is 1.37 bits per heavy atom. The van der Waals surface area contributed by atoms with Gasteiger partial charge in [0.1, 0.15) is 11.6 Å². The van der Waals surface area contributed by atoms with Crippen LogP contribution in [-0.2, 0) is 6.42 Å². The predicted octanol–water partition coefficient (Wildman–Crippen LogP) is 2.02. The summed E-state index contributed by atoms with van der Waals surface area (Å²) in [6, 6.07) is 5.30. The Morgan fingerprint density at radius 3 is 2.68 bits per heavy atom. The minimum absolute atomic E-state index is 0.281. The Hall–Kier alpha value is -1.13. The van der Waals surface area contributed by atoms with Gasteiger partial charge in [-0.1, -0.05) is 0 Å². The molecule has 0 aromatic heterocycles. The van der Waals surface area contributed by atoms with Crippen molar-refractivity contribution in [3.05, 3.63) is 29.6 Å². The molecule has 2 unspecified atom stereocenters. The Labute approximate surface area is 112 Å². The van der Waals surface area contributed by atoms with Gasteiger partial charge in [0.2, 0.25) is 0 Å². The molecule has 2 atom stereocenters. The third kappa shape index (κ3) is 2.60. The standard InChI is InChI=1S/C15H20FNO2/c1-19-14-5-2-11(16)6-10(14)7-15(18)8-12-3-4-13(9-15)17-12/h2,5-6,12-13,17-18H,3-4,7-9H2,1H3. The van der Waals surface area contributed by atoms with Gasteiger partial charge in [-0.05, 0) is 49.4 Å². The van der Waals surface area contributed by atoms with Crippen LogP contribution in [0.5, 0.6) is 5.75 Å². The lowest BCUT2D eigenvalue weighted by molar-refractivity contribution is -0.00653. The van der Waals surface area contributed by atoms with Gasteiger partial charge in [0.15, 0.2) is 0 Å². The van der Waals surface area contributed by atoms with Crippen LogP contribution in [0.4, 0.5) is 4.39 Å². The maximum atomic E-state index is 13.4. The molecule has 0 saturated carbocycles. The van der Waals surface area contributed by atoms with Crippen LogP contribution >= 0.6 is 0 Å². The van der Waals surface area contributed by atoms with Gasteiger partial charge >= 0.3 is 0 Å². The van der Waals surface area contributed by atoms with Crippen molar-refractivity contribution in [1.82, 2.24) is 5.32 Å². The van der Waals surface area contributed by atoms with E-state index in [1.807, 2.05) is 0 Å². The van der Waals surface area contributed by atoms with Gasteiger partial charge in [-0.3, -0.25) is 0 Å². The first kappa shape index (κ1) is 12.9. The number of hydrogen-bond acceptors (Lipinski definition) is 3. The van der Waals surface area contributed by atoms with Gasteiger partial charge in [0.25, 0.3) is 0 Å². The second kappa shape index (κ2) is 4.76. The molecule has 2 aliphatic heterocycles. The van der Waals surface area contributed by atoms with Crippen molar-refractivity contribution in [2.24, 2.45) is 0 Å². The first-order valence-electron chi connectivity index (χ1n) is 6.89. The highest BCUT2D eigenvalue weighted by Crippen LogP contribution is 2.37. The molecule has 0 radical (unpaired) electrons. The fraction of sp³-hybridized carbons (Fsp3) is 0.600. The van der Waals surface area contributed by atoms with E-state index in [1.165, 1.54) is 12.1 Å². The van der Waals surface area contributed by atoms with Crippen molar-refractivity contribution in [1.29, 1.82) is 0 Å². The summed E-state index contributed by atoms with van der Waals surface area (Å²) in [5.41, 5.74) is 0.0179. The third-order valence-corrected chi connectivity index (χ3v) is 4.35. The van der Waals surface area contributed by atoms with E-state index < -0.39 is 5.60 Å². The molecule has 2 N–H and O–H groups in total. The molecule has 4 heteroatoms. The first-order valence-corrected chi connectivity index (χ1v) is 6.89. The number of nitrogens with one attached hydrogen (secondary N) is 1. The van der Waals surface area contributed by atoms with E-state index >= 15 is 0 Å². The molecule has 1 aromatic carbocycles. The summed E-state index contributed by atoms with van der Waals surface area (Å²) in [5, 5.41) is 14.3. The molecular formula is C15H20FNO2. The van der Waals surface area contributed by atoms with E-state index in [0.29, 0.717) is 24.3 Å². The normalized spacial score (nSPS) is 33.4. The largest absolute Gasteiger partial charge is 0.496 e. The number of methoxy groups -OCH3 is 1. The van der Waals surface area contributed by atoms with E-state index in [2.05, 4.69) is 5.32 Å². The van der Waals surface area contributed by atoms with Gasteiger partial charge in [0.05, 0.1) is 12.7 Å². The van der Waals surface area contributed by atoms with Crippen molar-refractivity contribution in [3.8, 4) is 5.75 Å². The molecule has 0 spiro atoms. The zero-order chi connectivity index (χ0) is 13.5. The fourth-order valence-electron chi connectivity index (χ4n) is 3.61. The Kier molecular flexibility index (Phi) is 3.23. The molecule has 104 valence electrons. The van der Waals surface area contributed by atoms with Crippen LogP contribution in [0, 0.1) is 5.82 Å². The van der Waals surface area contributed by atoms with Crippen molar-refractivity contribution in [2.45, 2.75) is 49.8 Å². The van der Waals surface area contributed by atoms with Crippen LogP contribution in [0.1, 0.15) is 31.2 Å². The van der Waals surface area contributed by atoms with Crippen molar-refractivity contribution in [2.75, 3.05) is 7.11 Å². The fourth-order valence-corrected chi connectivity index (χ4v) is 3.61. The highest BCUT2D eigenvalue weighted by atomic mass is 19.1. The van der Waals surface area contributed by atoms with E-state index in [9.17, 15) is 9.50 Å². The molecule has 2 aliphatic rings. The lowest BCUT2D eigenvalue weighted by Gasteiger charge is -2.37. The summed E-state index contributed by atoms with van der Waals surface area (Å²) in [7, 11) is 1.58. The number of fused-ring (bicyclic) bond motifs is 2. The van der Waals surface area contributed by atoms with Gasteiger partial charge in [0, 0.05) is 18.5 Å². The lowest BCUT2D eigenvalue weighted by atomic mass is 9.82. The van der Waals surface area contributed by atoms with Crippen LogP contribution in [0.2, 0.25) is 0 Å². The van der Waals surface area contributed by atoms with Crippen LogP contribution in [0.3, 0.4) is 0 Å². The molecule has 3 nitrogen and oxygen atoms in total. The van der Waals surface area contributed by atoms with Crippen molar-refractivity contribution < 1.29 is 14.2 Å². The SMILES string of the molecule is COc1ccc(F)cc1CC1(O)CC2CCC(C1)N2. The highest BCUT2D eigenvalue weighted by Gasteiger charge is 2.42. The van der Waals surface area contributed by atoms with Gasteiger partial charge in [-0.15, -0.1) is 0 Å². The summed E-state index contributed by atoms with van der Waals surface area (Å²) in [4.78, 5) is 0. The molecule has 2 heterocycles. The average Bonchev–Trinajstić information content (AvgIpc) is 2.69. The van der Waals surface area contributed by atoms with E-state index in [4.69, 9.17) is 4.74 Å². The van der Waals surface area contributed by atoms with E-state index in [-0.39, 0.29) is 5.82 Å². The summed E-state index contributed by atoms with van der Waals surface area (Å²) in [6.07, 6.45) is 4.20. The molecule has 19 heavy (non-hydrogen) atoms. The lowest BCUT2D eigenvalue weighted by Crippen LogP contribution is -2.49. The van der Waals surface area contributed by atoms with Crippen molar-refractivity contribution in [3.63, 3.8) is 0 Å². The van der Waals surface area contributed by atoms with Crippen molar-refractivity contribution >= 4 is 0 Å². The summed E-state index contributed by atoms with van der Waals surface area (Å²) >= 11 is 0. The summed E-state index contributed by atoms with van der Waals surface area (Å²) in [6.45, 7) is 0. The zero-order valence-corrected chi connectivity index (χ0v) is 11.2. The predicted molar refractivity (Wildman–Crippen MR) is 70.8 cm³/mol. The third-order valence-electron chi connectivity index (χ3n) is 4.35. The second-order valence-corrected chi connectivity index (χ2v) is 5.90. The monoisotopic (exact) mass is 265 g/mol. The quantitative estimate of drug-likeness (QED) is 0.878. The first-order chi connectivity index (χ1) is 9.08. The molecule has 2 saturated heterocycles. The molecule has 0 aliphatic carbocycles. The number of hydrogen-bond donors (Lipinski definition) is 2. The molecule has 3 rings (SSSR count). The molecular weight excluding hydrogens is 245 g/mol. The molecule has 2 fully saturated rings. The Balaban J connectivity index is 1.82. The smallest absolute Gasteiger partial charge is 0.123 e. The average molecular weight is 265 g/mol. The van der Waals surface area contributed by atoms with Gasteiger partial charge in [-0.2, -0.15) is 0 Å². The minimum Gasteiger partial charge on any atom is -0.496 e. The zero-order valence-electron chi connectivity index (χ0n) is 11.2. The number of halogens is 1. The minimum atomic E-state index is -0.738. The highest BCUT2D eigenvalue weighted by molar-refractivity contribution is 5.35. The van der Waals surface area contributed by atoms with E-state index in [0.717, 1.165) is 31.2 Å². The Morgan fingerprint density at radius 2 is 2.05 bits per heavy atom. The Bertz CT molecular complexity index is 465.